The van der Waals surface area contributed by atoms with E-state index in [4.69, 9.17) is 9.47 Å². The van der Waals surface area contributed by atoms with Crippen LogP contribution in [0, 0.1) is 5.82 Å². The molecule has 2 aromatic rings. The van der Waals surface area contributed by atoms with Crippen LogP contribution in [-0.2, 0) is 11.2 Å². The number of hydrogen-bond donors (Lipinski definition) is 1. The van der Waals surface area contributed by atoms with Crippen LogP contribution in [0.2, 0.25) is 0 Å². The zero-order valence-corrected chi connectivity index (χ0v) is 14.8. The smallest absolute Gasteiger partial charge is 0.225 e. The lowest BCUT2D eigenvalue weighted by molar-refractivity contribution is -0.121. The van der Waals surface area contributed by atoms with E-state index in [9.17, 15) is 9.18 Å². The molecule has 0 heterocycles. The Morgan fingerprint density at radius 1 is 1.08 bits per heavy atom. The van der Waals surface area contributed by atoms with E-state index in [1.54, 1.807) is 18.2 Å². The van der Waals surface area contributed by atoms with Gasteiger partial charge < -0.3 is 14.8 Å². The third-order valence-electron chi connectivity index (χ3n) is 3.75. The van der Waals surface area contributed by atoms with E-state index in [0.717, 1.165) is 5.56 Å². The van der Waals surface area contributed by atoms with E-state index in [0.29, 0.717) is 30.3 Å². The van der Waals surface area contributed by atoms with Gasteiger partial charge in [-0.05, 0) is 50.1 Å². The fraction of sp³-hybridized carbons (Fsp3) is 0.350. The number of nitrogens with one attached hydrogen (secondary N) is 1. The summed E-state index contributed by atoms with van der Waals surface area (Å²) < 4.78 is 24.8. The lowest BCUT2D eigenvalue weighted by atomic mass is 10.1. The molecular formula is C20H24FNO3. The van der Waals surface area contributed by atoms with Crippen LogP contribution in [0.5, 0.6) is 11.5 Å². The summed E-state index contributed by atoms with van der Waals surface area (Å²) in [5.41, 5.74) is 1.28. The number of rotatable bonds is 8. The Labute approximate surface area is 148 Å². The second kappa shape index (κ2) is 9.06. The Morgan fingerprint density at radius 3 is 2.44 bits per heavy atom. The highest BCUT2D eigenvalue weighted by atomic mass is 19.1. The molecule has 0 unspecified atom stereocenters. The van der Waals surface area contributed by atoms with Crippen LogP contribution in [0.15, 0.2) is 42.5 Å². The first kappa shape index (κ1) is 18.8. The summed E-state index contributed by atoms with van der Waals surface area (Å²) in [7, 11) is 0. The van der Waals surface area contributed by atoms with Crippen LogP contribution in [0.1, 0.15) is 37.9 Å². The van der Waals surface area contributed by atoms with Gasteiger partial charge in [0.25, 0.3) is 0 Å². The van der Waals surface area contributed by atoms with Gasteiger partial charge in [-0.3, -0.25) is 4.79 Å². The predicted molar refractivity (Wildman–Crippen MR) is 95.4 cm³/mol. The highest BCUT2D eigenvalue weighted by molar-refractivity contribution is 5.79. The fourth-order valence-electron chi connectivity index (χ4n) is 2.53. The van der Waals surface area contributed by atoms with E-state index < -0.39 is 0 Å². The van der Waals surface area contributed by atoms with Gasteiger partial charge in [0.05, 0.1) is 25.7 Å². The Morgan fingerprint density at radius 2 is 1.76 bits per heavy atom. The molecule has 0 saturated heterocycles. The van der Waals surface area contributed by atoms with E-state index >= 15 is 0 Å². The largest absolute Gasteiger partial charge is 0.490 e. The first-order valence-corrected chi connectivity index (χ1v) is 8.47. The summed E-state index contributed by atoms with van der Waals surface area (Å²) in [6.07, 6.45) is 0.00631. The topological polar surface area (TPSA) is 47.6 Å². The van der Waals surface area contributed by atoms with Gasteiger partial charge in [0.1, 0.15) is 5.82 Å². The van der Waals surface area contributed by atoms with Crippen molar-refractivity contribution in [1.29, 1.82) is 0 Å². The number of ether oxygens (including phenoxy) is 2. The van der Waals surface area contributed by atoms with Crippen molar-refractivity contribution in [2.45, 2.75) is 33.2 Å². The average molecular weight is 345 g/mol. The minimum Gasteiger partial charge on any atom is -0.490 e. The lowest BCUT2D eigenvalue weighted by Crippen LogP contribution is -2.28. The molecule has 0 spiro atoms. The molecule has 2 aromatic carbocycles. The van der Waals surface area contributed by atoms with Crippen LogP contribution in [0.4, 0.5) is 4.39 Å². The summed E-state index contributed by atoms with van der Waals surface area (Å²) in [5, 5.41) is 2.89. The quantitative estimate of drug-likeness (QED) is 0.785. The molecule has 0 fully saturated rings. The number of halogens is 1. The monoisotopic (exact) mass is 345 g/mol. The number of hydrogen-bond acceptors (Lipinski definition) is 3. The van der Waals surface area contributed by atoms with E-state index in [1.165, 1.54) is 6.07 Å². The number of amides is 1. The van der Waals surface area contributed by atoms with Gasteiger partial charge in [-0.2, -0.15) is 0 Å². The summed E-state index contributed by atoms with van der Waals surface area (Å²) in [6.45, 7) is 6.77. The summed E-state index contributed by atoms with van der Waals surface area (Å²) >= 11 is 0. The highest BCUT2D eigenvalue weighted by Crippen LogP contribution is 2.30. The summed E-state index contributed by atoms with van der Waals surface area (Å²) in [6, 6.07) is 11.7. The molecule has 0 aliphatic heterocycles. The molecule has 1 N–H and O–H groups in total. The first-order chi connectivity index (χ1) is 12.0. The number of carbonyl (C=O) groups excluding carboxylic acids is 1. The molecular weight excluding hydrogens is 321 g/mol. The minimum atomic E-state index is -0.370. The van der Waals surface area contributed by atoms with E-state index in [1.807, 2.05) is 39.0 Å². The maximum atomic E-state index is 13.7. The van der Waals surface area contributed by atoms with Crippen molar-refractivity contribution < 1.29 is 18.7 Å². The molecule has 0 bridgehead atoms. The van der Waals surface area contributed by atoms with Crippen molar-refractivity contribution in [2.24, 2.45) is 0 Å². The summed E-state index contributed by atoms with van der Waals surface area (Å²) in [4.78, 5) is 12.2. The molecule has 0 aromatic heterocycles. The Balaban J connectivity index is 2.06. The Bertz CT molecular complexity index is 718. The molecule has 1 amide bonds. The zero-order chi connectivity index (χ0) is 18.2. The summed E-state index contributed by atoms with van der Waals surface area (Å²) in [5.74, 6) is 0.726. The van der Waals surface area contributed by atoms with Gasteiger partial charge in [0.2, 0.25) is 5.91 Å². The normalized spacial score (nSPS) is 11.7. The highest BCUT2D eigenvalue weighted by Gasteiger charge is 2.14. The Hall–Kier alpha value is -2.56. The van der Waals surface area contributed by atoms with E-state index in [-0.39, 0.29) is 24.2 Å². The molecule has 5 heteroatoms. The second-order valence-electron chi connectivity index (χ2n) is 5.63. The van der Waals surface area contributed by atoms with Crippen molar-refractivity contribution in [3.63, 3.8) is 0 Å². The van der Waals surface area contributed by atoms with Crippen molar-refractivity contribution in [1.82, 2.24) is 5.32 Å². The third-order valence-corrected chi connectivity index (χ3v) is 3.75. The number of benzene rings is 2. The molecule has 4 nitrogen and oxygen atoms in total. The van der Waals surface area contributed by atoms with Gasteiger partial charge in [0.15, 0.2) is 11.5 Å². The molecule has 0 aliphatic rings. The number of carbonyl (C=O) groups is 1. The predicted octanol–water partition coefficient (Wildman–Crippen LogP) is 4.04. The maximum Gasteiger partial charge on any atom is 0.225 e. The van der Waals surface area contributed by atoms with Gasteiger partial charge in [0, 0.05) is 0 Å². The second-order valence-corrected chi connectivity index (χ2v) is 5.63. The molecule has 25 heavy (non-hydrogen) atoms. The van der Waals surface area contributed by atoms with Crippen molar-refractivity contribution in [3.05, 3.63) is 59.4 Å². The first-order valence-electron chi connectivity index (χ1n) is 8.47. The molecule has 0 radical (unpaired) electrons. The van der Waals surface area contributed by atoms with Gasteiger partial charge in [-0.25, -0.2) is 4.39 Å². The molecule has 2 rings (SSSR count). The average Bonchev–Trinajstić information content (AvgIpc) is 2.59. The van der Waals surface area contributed by atoms with Crippen LogP contribution in [-0.4, -0.2) is 19.1 Å². The van der Waals surface area contributed by atoms with Crippen LogP contribution in [0.3, 0.4) is 0 Å². The van der Waals surface area contributed by atoms with Crippen molar-refractivity contribution in [3.8, 4) is 11.5 Å². The molecule has 0 aliphatic carbocycles. The molecule has 0 saturated carbocycles. The minimum absolute atomic E-state index is 0.00631. The zero-order valence-electron chi connectivity index (χ0n) is 14.8. The van der Waals surface area contributed by atoms with Gasteiger partial charge >= 0.3 is 0 Å². The van der Waals surface area contributed by atoms with Crippen LogP contribution < -0.4 is 14.8 Å². The maximum absolute atomic E-state index is 13.7. The Kier molecular flexibility index (Phi) is 6.81. The van der Waals surface area contributed by atoms with Crippen molar-refractivity contribution >= 4 is 5.91 Å². The standard InChI is InChI=1S/C20H24FNO3/c1-4-24-18-11-10-15(12-19(18)25-5-2)14(3)22-20(23)13-16-8-6-7-9-17(16)21/h6-12,14H,4-5,13H2,1-3H3,(H,22,23)/t14-/m1/s1. The SMILES string of the molecule is CCOc1ccc([C@@H](C)NC(=O)Cc2ccccc2F)cc1OCC. The van der Waals surface area contributed by atoms with Gasteiger partial charge in [-0.15, -0.1) is 0 Å². The molecule has 134 valence electrons. The van der Waals surface area contributed by atoms with E-state index in [2.05, 4.69) is 5.32 Å². The molecule has 1 atom stereocenters. The third kappa shape index (κ3) is 5.21. The van der Waals surface area contributed by atoms with Crippen LogP contribution in [0.25, 0.3) is 0 Å². The lowest BCUT2D eigenvalue weighted by Gasteiger charge is -2.17. The van der Waals surface area contributed by atoms with Crippen molar-refractivity contribution in [2.75, 3.05) is 13.2 Å². The van der Waals surface area contributed by atoms with Crippen LogP contribution >= 0.6 is 0 Å². The fourth-order valence-corrected chi connectivity index (χ4v) is 2.53. The van der Waals surface area contributed by atoms with Gasteiger partial charge in [-0.1, -0.05) is 24.3 Å².